The standard InChI is InChI=1S/C9H12BrN3/c10-8-3-2-6-13(7-8)9-4-1-5-11-12-9/h1,4-5,8H,2-3,6-7H2. The topological polar surface area (TPSA) is 29.0 Å². The first-order valence-corrected chi connectivity index (χ1v) is 5.44. The maximum atomic E-state index is 4.09. The molecule has 1 saturated heterocycles. The summed E-state index contributed by atoms with van der Waals surface area (Å²) in [6.07, 6.45) is 4.20. The van der Waals surface area contributed by atoms with Crippen molar-refractivity contribution < 1.29 is 0 Å². The Hall–Kier alpha value is -0.640. The average Bonchev–Trinajstić information content (AvgIpc) is 2.19. The fourth-order valence-electron chi connectivity index (χ4n) is 1.60. The second kappa shape index (κ2) is 4.05. The molecular weight excluding hydrogens is 230 g/mol. The van der Waals surface area contributed by atoms with Gasteiger partial charge in [0.05, 0.1) is 0 Å². The molecule has 1 aromatic heterocycles. The highest BCUT2D eigenvalue weighted by molar-refractivity contribution is 9.09. The summed E-state index contributed by atoms with van der Waals surface area (Å²) in [6.45, 7) is 2.14. The number of piperidine rings is 1. The molecule has 1 fully saturated rings. The number of anilines is 1. The summed E-state index contributed by atoms with van der Waals surface area (Å²) in [6, 6.07) is 3.94. The van der Waals surface area contributed by atoms with Crippen LogP contribution in [-0.4, -0.2) is 28.1 Å². The van der Waals surface area contributed by atoms with Gasteiger partial charge in [0.1, 0.15) is 0 Å². The van der Waals surface area contributed by atoms with Crippen molar-refractivity contribution in [2.75, 3.05) is 18.0 Å². The third-order valence-electron chi connectivity index (χ3n) is 2.25. The van der Waals surface area contributed by atoms with Gasteiger partial charge < -0.3 is 4.90 Å². The molecule has 0 aliphatic carbocycles. The Morgan fingerprint density at radius 3 is 3.15 bits per heavy atom. The third kappa shape index (κ3) is 2.18. The summed E-state index contributed by atoms with van der Waals surface area (Å²) in [4.78, 5) is 2.87. The van der Waals surface area contributed by atoms with Gasteiger partial charge in [-0.15, -0.1) is 5.10 Å². The van der Waals surface area contributed by atoms with Crippen LogP contribution in [0.15, 0.2) is 18.3 Å². The maximum Gasteiger partial charge on any atom is 0.151 e. The predicted octanol–water partition coefficient (Wildman–Crippen LogP) is 1.84. The van der Waals surface area contributed by atoms with Gasteiger partial charge in [0.15, 0.2) is 5.82 Å². The maximum absolute atomic E-state index is 4.09. The van der Waals surface area contributed by atoms with E-state index in [4.69, 9.17) is 0 Å². The first-order chi connectivity index (χ1) is 6.36. The van der Waals surface area contributed by atoms with Gasteiger partial charge in [0.25, 0.3) is 0 Å². The van der Waals surface area contributed by atoms with Crippen LogP contribution in [-0.2, 0) is 0 Å². The molecule has 0 saturated carbocycles. The number of alkyl halides is 1. The van der Waals surface area contributed by atoms with E-state index < -0.39 is 0 Å². The van der Waals surface area contributed by atoms with Gasteiger partial charge >= 0.3 is 0 Å². The molecule has 4 heteroatoms. The largest absolute Gasteiger partial charge is 0.354 e. The molecule has 0 aromatic carbocycles. The van der Waals surface area contributed by atoms with Crippen LogP contribution >= 0.6 is 15.9 Å². The third-order valence-corrected chi connectivity index (χ3v) is 2.99. The lowest BCUT2D eigenvalue weighted by Gasteiger charge is -2.30. The van der Waals surface area contributed by atoms with Crippen molar-refractivity contribution in [1.82, 2.24) is 10.2 Å². The highest BCUT2D eigenvalue weighted by Crippen LogP contribution is 2.20. The second-order valence-corrected chi connectivity index (χ2v) is 4.56. The summed E-state index contributed by atoms with van der Waals surface area (Å²) in [5, 5.41) is 7.97. The first-order valence-electron chi connectivity index (χ1n) is 4.53. The van der Waals surface area contributed by atoms with Crippen molar-refractivity contribution in [2.45, 2.75) is 17.7 Å². The minimum absolute atomic E-state index is 0.600. The molecule has 0 radical (unpaired) electrons. The zero-order valence-corrected chi connectivity index (χ0v) is 8.94. The fourth-order valence-corrected chi connectivity index (χ4v) is 2.27. The average molecular weight is 242 g/mol. The van der Waals surface area contributed by atoms with Crippen LogP contribution in [0.1, 0.15) is 12.8 Å². The van der Waals surface area contributed by atoms with Crippen molar-refractivity contribution in [2.24, 2.45) is 0 Å². The van der Waals surface area contributed by atoms with E-state index in [-0.39, 0.29) is 0 Å². The minimum Gasteiger partial charge on any atom is -0.354 e. The highest BCUT2D eigenvalue weighted by atomic mass is 79.9. The highest BCUT2D eigenvalue weighted by Gasteiger charge is 2.18. The lowest BCUT2D eigenvalue weighted by Crippen LogP contribution is -2.36. The zero-order valence-electron chi connectivity index (χ0n) is 7.36. The number of hydrogen-bond acceptors (Lipinski definition) is 3. The van der Waals surface area contributed by atoms with Crippen LogP contribution in [0.5, 0.6) is 0 Å². The summed E-state index contributed by atoms with van der Waals surface area (Å²) >= 11 is 3.64. The molecule has 2 heterocycles. The monoisotopic (exact) mass is 241 g/mol. The predicted molar refractivity (Wildman–Crippen MR) is 56.2 cm³/mol. The molecule has 70 valence electrons. The van der Waals surface area contributed by atoms with Crippen molar-refractivity contribution in [1.29, 1.82) is 0 Å². The van der Waals surface area contributed by atoms with Crippen molar-refractivity contribution >= 4 is 21.7 Å². The summed E-state index contributed by atoms with van der Waals surface area (Å²) in [5.41, 5.74) is 0. The molecule has 0 amide bonds. The molecule has 3 nitrogen and oxygen atoms in total. The molecule has 0 N–H and O–H groups in total. The normalized spacial score (nSPS) is 23.2. The van der Waals surface area contributed by atoms with E-state index in [1.165, 1.54) is 12.8 Å². The van der Waals surface area contributed by atoms with Crippen LogP contribution in [0.2, 0.25) is 0 Å². The molecule has 0 spiro atoms. The lowest BCUT2D eigenvalue weighted by molar-refractivity contribution is 0.588. The second-order valence-electron chi connectivity index (χ2n) is 3.27. The Bertz CT molecular complexity index is 265. The van der Waals surface area contributed by atoms with Gasteiger partial charge in [-0.1, -0.05) is 15.9 Å². The van der Waals surface area contributed by atoms with Gasteiger partial charge in [-0.3, -0.25) is 0 Å². The van der Waals surface area contributed by atoms with Gasteiger partial charge in [-0.2, -0.15) is 5.10 Å². The van der Waals surface area contributed by atoms with E-state index >= 15 is 0 Å². The van der Waals surface area contributed by atoms with Gasteiger partial charge in [-0.05, 0) is 25.0 Å². The quantitative estimate of drug-likeness (QED) is 0.703. The Kier molecular flexibility index (Phi) is 2.78. The summed E-state index contributed by atoms with van der Waals surface area (Å²) < 4.78 is 0. The summed E-state index contributed by atoms with van der Waals surface area (Å²) in [7, 11) is 0. The molecule has 13 heavy (non-hydrogen) atoms. The number of rotatable bonds is 1. The Labute approximate surface area is 86.3 Å². The van der Waals surface area contributed by atoms with E-state index in [0.29, 0.717) is 4.83 Å². The molecule has 0 bridgehead atoms. The van der Waals surface area contributed by atoms with E-state index in [9.17, 15) is 0 Å². The van der Waals surface area contributed by atoms with Crippen LogP contribution in [0, 0.1) is 0 Å². The van der Waals surface area contributed by atoms with Gasteiger partial charge in [0.2, 0.25) is 0 Å². The van der Waals surface area contributed by atoms with Crippen LogP contribution in [0.4, 0.5) is 5.82 Å². The van der Waals surface area contributed by atoms with E-state index in [1.54, 1.807) is 6.20 Å². The fraction of sp³-hybridized carbons (Fsp3) is 0.556. The first kappa shape index (κ1) is 8.94. The number of halogens is 1. The van der Waals surface area contributed by atoms with Crippen molar-refractivity contribution in [3.8, 4) is 0 Å². The molecule has 1 atom stereocenters. The van der Waals surface area contributed by atoms with Crippen LogP contribution < -0.4 is 4.90 Å². The Morgan fingerprint density at radius 1 is 1.54 bits per heavy atom. The van der Waals surface area contributed by atoms with E-state index in [0.717, 1.165) is 18.9 Å². The van der Waals surface area contributed by atoms with Crippen LogP contribution in [0.25, 0.3) is 0 Å². The van der Waals surface area contributed by atoms with Gasteiger partial charge in [0, 0.05) is 24.1 Å². The Morgan fingerprint density at radius 2 is 2.46 bits per heavy atom. The zero-order chi connectivity index (χ0) is 9.10. The van der Waals surface area contributed by atoms with Crippen LogP contribution in [0.3, 0.4) is 0 Å². The number of aromatic nitrogens is 2. The van der Waals surface area contributed by atoms with Crippen molar-refractivity contribution in [3.05, 3.63) is 18.3 Å². The van der Waals surface area contributed by atoms with Gasteiger partial charge in [-0.25, -0.2) is 0 Å². The van der Waals surface area contributed by atoms with E-state index in [2.05, 4.69) is 31.0 Å². The SMILES string of the molecule is BrC1CCCN(c2cccnn2)C1. The van der Waals surface area contributed by atoms with Crippen molar-refractivity contribution in [3.63, 3.8) is 0 Å². The molecule has 1 aliphatic rings. The number of hydrogen-bond donors (Lipinski definition) is 0. The Balaban J connectivity index is 2.08. The smallest absolute Gasteiger partial charge is 0.151 e. The lowest BCUT2D eigenvalue weighted by atomic mass is 10.1. The molecule has 1 aromatic rings. The molecular formula is C9H12BrN3. The minimum atomic E-state index is 0.600. The molecule has 1 aliphatic heterocycles. The molecule has 2 rings (SSSR count). The summed E-state index contributed by atoms with van der Waals surface area (Å²) in [5.74, 6) is 0.992. The number of nitrogens with zero attached hydrogens (tertiary/aromatic N) is 3. The van der Waals surface area contributed by atoms with E-state index in [1.807, 2.05) is 12.1 Å². The molecule has 1 unspecified atom stereocenters.